The zero-order chi connectivity index (χ0) is 10.1. The number of rotatable bonds is 2. The van der Waals surface area contributed by atoms with Crippen LogP contribution in [0.15, 0.2) is 24.3 Å². The summed E-state index contributed by atoms with van der Waals surface area (Å²) in [5, 5.41) is 8.66. The Kier molecular flexibility index (Phi) is 7.02. The van der Waals surface area contributed by atoms with Crippen molar-refractivity contribution in [2.45, 2.75) is 26.9 Å². The van der Waals surface area contributed by atoms with E-state index in [4.69, 9.17) is 9.84 Å². The van der Waals surface area contributed by atoms with E-state index in [-0.39, 0.29) is 6.61 Å². The van der Waals surface area contributed by atoms with Crippen molar-refractivity contribution in [3.8, 4) is 5.75 Å². The highest BCUT2D eigenvalue weighted by Gasteiger charge is 1.89. The van der Waals surface area contributed by atoms with E-state index in [0.29, 0.717) is 0 Å². The summed E-state index contributed by atoms with van der Waals surface area (Å²) in [6, 6.07) is 7.31. The summed E-state index contributed by atoms with van der Waals surface area (Å²) in [6.45, 7) is 4.34. The quantitative estimate of drug-likeness (QED) is 0.761. The molecule has 1 aromatic rings. The number of aliphatic hydroxyl groups excluding tert-OH is 1. The van der Waals surface area contributed by atoms with Crippen LogP contribution in [0.5, 0.6) is 5.75 Å². The molecule has 0 radical (unpaired) electrons. The summed E-state index contributed by atoms with van der Waals surface area (Å²) in [4.78, 5) is 0. The second-order valence-electron chi connectivity index (χ2n) is 2.71. The molecule has 0 aliphatic carbocycles. The maximum absolute atomic E-state index is 8.66. The van der Waals surface area contributed by atoms with E-state index in [2.05, 4.69) is 13.8 Å². The second kappa shape index (κ2) is 7.62. The van der Waals surface area contributed by atoms with E-state index in [9.17, 15) is 0 Å². The van der Waals surface area contributed by atoms with Crippen LogP contribution in [0.3, 0.4) is 0 Å². The molecule has 13 heavy (non-hydrogen) atoms. The van der Waals surface area contributed by atoms with Crippen molar-refractivity contribution in [3.63, 3.8) is 0 Å². The van der Waals surface area contributed by atoms with E-state index in [1.54, 1.807) is 7.11 Å². The molecule has 0 aromatic heterocycles. The standard InChI is InChI=1S/C8H10O2.C3H8/c1-10-8-4-2-7(6-9)3-5-8;1-3-2/h2-5,9H,6H2,1H3;3H2,1-2H3. The van der Waals surface area contributed by atoms with Crippen LogP contribution < -0.4 is 4.74 Å². The first-order chi connectivity index (χ1) is 6.28. The lowest BCUT2D eigenvalue weighted by atomic mass is 10.2. The first kappa shape index (κ1) is 12.0. The maximum atomic E-state index is 8.66. The fourth-order valence-corrected chi connectivity index (χ4v) is 0.731. The van der Waals surface area contributed by atoms with Gasteiger partial charge in [-0.1, -0.05) is 32.4 Å². The summed E-state index contributed by atoms with van der Waals surface area (Å²) < 4.78 is 4.93. The first-order valence-electron chi connectivity index (χ1n) is 4.52. The van der Waals surface area contributed by atoms with Crippen molar-refractivity contribution in [3.05, 3.63) is 29.8 Å². The van der Waals surface area contributed by atoms with Crippen LogP contribution in [0, 0.1) is 0 Å². The fourth-order valence-electron chi connectivity index (χ4n) is 0.731. The molecule has 0 unspecified atom stereocenters. The monoisotopic (exact) mass is 182 g/mol. The van der Waals surface area contributed by atoms with Gasteiger partial charge in [0.2, 0.25) is 0 Å². The molecule has 0 fully saturated rings. The third-order valence-electron chi connectivity index (χ3n) is 1.34. The van der Waals surface area contributed by atoms with Gasteiger partial charge in [0.05, 0.1) is 13.7 Å². The lowest BCUT2D eigenvalue weighted by Gasteiger charge is -1.98. The van der Waals surface area contributed by atoms with Gasteiger partial charge in [0.1, 0.15) is 5.75 Å². The molecule has 0 spiro atoms. The molecular weight excluding hydrogens is 164 g/mol. The second-order valence-corrected chi connectivity index (χ2v) is 2.71. The van der Waals surface area contributed by atoms with Crippen molar-refractivity contribution in [2.75, 3.05) is 7.11 Å². The predicted molar refractivity (Wildman–Crippen MR) is 54.9 cm³/mol. The Morgan fingerprint density at radius 3 is 1.92 bits per heavy atom. The number of hydrogen-bond acceptors (Lipinski definition) is 2. The molecule has 0 atom stereocenters. The Morgan fingerprint density at radius 1 is 1.15 bits per heavy atom. The highest BCUT2D eigenvalue weighted by atomic mass is 16.5. The van der Waals surface area contributed by atoms with Gasteiger partial charge in [-0.2, -0.15) is 0 Å². The van der Waals surface area contributed by atoms with Gasteiger partial charge in [-0.25, -0.2) is 0 Å². The largest absolute Gasteiger partial charge is 0.497 e. The summed E-state index contributed by atoms with van der Waals surface area (Å²) >= 11 is 0. The van der Waals surface area contributed by atoms with Crippen LogP contribution in [0.1, 0.15) is 25.8 Å². The smallest absolute Gasteiger partial charge is 0.118 e. The average molecular weight is 182 g/mol. The molecule has 0 heterocycles. The Hall–Kier alpha value is -1.02. The minimum atomic E-state index is 0.0873. The van der Waals surface area contributed by atoms with Gasteiger partial charge in [0.25, 0.3) is 0 Å². The van der Waals surface area contributed by atoms with Crippen LogP contribution in [-0.2, 0) is 6.61 Å². The van der Waals surface area contributed by atoms with Crippen molar-refractivity contribution in [1.82, 2.24) is 0 Å². The van der Waals surface area contributed by atoms with Crippen molar-refractivity contribution in [1.29, 1.82) is 0 Å². The number of benzene rings is 1. The first-order valence-corrected chi connectivity index (χ1v) is 4.52. The van der Waals surface area contributed by atoms with Crippen LogP contribution in [0.25, 0.3) is 0 Å². The fraction of sp³-hybridized carbons (Fsp3) is 0.455. The van der Waals surface area contributed by atoms with Gasteiger partial charge in [0, 0.05) is 0 Å². The Labute approximate surface area is 80.2 Å². The van der Waals surface area contributed by atoms with Gasteiger partial charge in [0.15, 0.2) is 0 Å². The molecule has 1 aromatic carbocycles. The molecule has 0 aliphatic heterocycles. The van der Waals surface area contributed by atoms with Crippen molar-refractivity contribution in [2.24, 2.45) is 0 Å². The normalized spacial score (nSPS) is 8.62. The van der Waals surface area contributed by atoms with Crippen LogP contribution >= 0.6 is 0 Å². The molecule has 1 rings (SSSR count). The highest BCUT2D eigenvalue weighted by molar-refractivity contribution is 5.26. The summed E-state index contributed by atoms with van der Waals surface area (Å²) in [5.41, 5.74) is 0.904. The number of ether oxygens (including phenoxy) is 1. The summed E-state index contributed by atoms with van der Waals surface area (Å²) in [7, 11) is 1.62. The van der Waals surface area contributed by atoms with E-state index in [1.807, 2.05) is 24.3 Å². The molecule has 0 aliphatic rings. The Bertz CT molecular complexity index is 181. The maximum Gasteiger partial charge on any atom is 0.118 e. The Morgan fingerprint density at radius 2 is 1.62 bits per heavy atom. The third kappa shape index (κ3) is 5.26. The Balaban J connectivity index is 0.000000424. The molecule has 0 saturated heterocycles. The van der Waals surface area contributed by atoms with E-state index in [0.717, 1.165) is 11.3 Å². The topological polar surface area (TPSA) is 29.5 Å². The summed E-state index contributed by atoms with van der Waals surface area (Å²) in [6.07, 6.45) is 1.25. The highest BCUT2D eigenvalue weighted by Crippen LogP contribution is 2.10. The zero-order valence-corrected chi connectivity index (χ0v) is 8.58. The average Bonchev–Trinajstić information content (AvgIpc) is 2.19. The van der Waals surface area contributed by atoms with E-state index >= 15 is 0 Å². The van der Waals surface area contributed by atoms with E-state index in [1.165, 1.54) is 6.42 Å². The third-order valence-corrected chi connectivity index (χ3v) is 1.34. The lowest BCUT2D eigenvalue weighted by Crippen LogP contribution is -1.84. The van der Waals surface area contributed by atoms with Crippen molar-refractivity contribution < 1.29 is 9.84 Å². The number of methoxy groups -OCH3 is 1. The van der Waals surface area contributed by atoms with Crippen LogP contribution in [-0.4, -0.2) is 12.2 Å². The predicted octanol–water partition coefficient (Wildman–Crippen LogP) is 2.60. The molecule has 0 amide bonds. The SMILES string of the molecule is CCC.COc1ccc(CO)cc1. The van der Waals surface area contributed by atoms with Gasteiger partial charge >= 0.3 is 0 Å². The molecular formula is C11H18O2. The molecule has 1 N–H and O–H groups in total. The minimum Gasteiger partial charge on any atom is -0.497 e. The van der Waals surface area contributed by atoms with Gasteiger partial charge < -0.3 is 9.84 Å². The van der Waals surface area contributed by atoms with E-state index < -0.39 is 0 Å². The van der Waals surface area contributed by atoms with Gasteiger partial charge in [-0.15, -0.1) is 0 Å². The van der Waals surface area contributed by atoms with Crippen molar-refractivity contribution >= 4 is 0 Å². The molecule has 74 valence electrons. The summed E-state index contributed by atoms with van der Waals surface area (Å²) in [5.74, 6) is 0.817. The molecule has 0 saturated carbocycles. The van der Waals surface area contributed by atoms with Crippen LogP contribution in [0.2, 0.25) is 0 Å². The zero-order valence-electron chi connectivity index (χ0n) is 8.58. The van der Waals surface area contributed by atoms with Gasteiger partial charge in [-0.05, 0) is 17.7 Å². The number of hydrogen-bond donors (Lipinski definition) is 1. The van der Waals surface area contributed by atoms with Gasteiger partial charge in [-0.3, -0.25) is 0 Å². The molecule has 2 nitrogen and oxygen atoms in total. The lowest BCUT2D eigenvalue weighted by molar-refractivity contribution is 0.281. The van der Waals surface area contributed by atoms with Crippen LogP contribution in [0.4, 0.5) is 0 Å². The molecule has 2 heteroatoms. The minimum absolute atomic E-state index is 0.0873. The number of aliphatic hydroxyl groups is 1. The molecule has 0 bridgehead atoms.